The summed E-state index contributed by atoms with van der Waals surface area (Å²) in [4.78, 5) is 25.2. The molecule has 150 valence electrons. The normalized spacial score (nSPS) is 11.6. The third-order valence-corrected chi connectivity index (χ3v) is 4.18. The number of hydrogen-bond acceptors (Lipinski definition) is 6. The van der Waals surface area contributed by atoms with E-state index in [9.17, 15) is 9.59 Å². The van der Waals surface area contributed by atoms with Crippen molar-refractivity contribution in [3.63, 3.8) is 0 Å². The number of amides is 1. The molecule has 0 aliphatic carbocycles. The van der Waals surface area contributed by atoms with Crippen LogP contribution < -0.4 is 10.1 Å². The van der Waals surface area contributed by atoms with Crippen LogP contribution in [0.5, 0.6) is 5.88 Å². The molecule has 29 heavy (non-hydrogen) atoms. The number of carbonyl (C=O) groups excluding carboxylic acids is 2. The summed E-state index contributed by atoms with van der Waals surface area (Å²) >= 11 is 0. The Morgan fingerprint density at radius 3 is 2.52 bits per heavy atom. The van der Waals surface area contributed by atoms with Gasteiger partial charge in [-0.15, -0.1) is 0 Å². The average Bonchev–Trinajstić information content (AvgIpc) is 3.13. The maximum absolute atomic E-state index is 12.9. The van der Waals surface area contributed by atoms with Crippen LogP contribution in [0.3, 0.4) is 0 Å². The fourth-order valence-electron chi connectivity index (χ4n) is 2.68. The molecular weight excluding hydrogens is 372 g/mol. The van der Waals surface area contributed by atoms with Crippen molar-refractivity contribution in [2.24, 2.45) is 0 Å². The second kappa shape index (κ2) is 9.05. The van der Waals surface area contributed by atoms with E-state index in [1.165, 1.54) is 0 Å². The van der Waals surface area contributed by atoms with Gasteiger partial charge >= 0.3 is 5.97 Å². The lowest BCUT2D eigenvalue weighted by molar-refractivity contribution is -0.156. The van der Waals surface area contributed by atoms with Crippen LogP contribution in [0, 0.1) is 20.8 Å². The number of aromatic nitrogens is 1. The number of rotatable bonds is 7. The summed E-state index contributed by atoms with van der Waals surface area (Å²) in [6.07, 6.45) is -1.12. The molecule has 0 fully saturated rings. The Hall–Kier alpha value is -3.61. The van der Waals surface area contributed by atoms with Crippen molar-refractivity contribution in [2.75, 3.05) is 11.9 Å². The third kappa shape index (κ3) is 5.44. The van der Waals surface area contributed by atoms with Gasteiger partial charge in [0, 0.05) is 17.3 Å². The molecule has 1 aromatic heterocycles. The van der Waals surface area contributed by atoms with Gasteiger partial charge in [-0.25, -0.2) is 4.79 Å². The van der Waals surface area contributed by atoms with E-state index in [0.29, 0.717) is 17.0 Å². The predicted octanol–water partition coefficient (Wildman–Crippen LogP) is 3.90. The Morgan fingerprint density at radius 1 is 1.07 bits per heavy atom. The second-order valence-electron chi connectivity index (χ2n) is 6.65. The molecule has 0 aliphatic rings. The van der Waals surface area contributed by atoms with Crippen molar-refractivity contribution in [3.05, 3.63) is 77.0 Å². The lowest BCUT2D eigenvalue weighted by atomic mass is 10.1. The van der Waals surface area contributed by atoms with Gasteiger partial charge in [0.15, 0.2) is 6.61 Å². The molecule has 3 aromatic rings. The highest BCUT2D eigenvalue weighted by molar-refractivity contribution is 5.96. The number of esters is 1. The molecule has 1 N–H and O–H groups in total. The van der Waals surface area contributed by atoms with Crippen LogP contribution in [-0.2, 0) is 14.3 Å². The minimum atomic E-state index is -1.12. The summed E-state index contributed by atoms with van der Waals surface area (Å²) < 4.78 is 15.6. The summed E-state index contributed by atoms with van der Waals surface area (Å²) in [7, 11) is 0. The largest absolute Gasteiger partial charge is 0.463 e. The SMILES string of the molecule is Cc1ccc(C)c(NC(=O)[C@H](OC(=O)COc2cc(C)on2)c2ccccc2)c1. The van der Waals surface area contributed by atoms with Gasteiger partial charge in [0.25, 0.3) is 11.8 Å². The first-order valence-electron chi connectivity index (χ1n) is 9.11. The highest BCUT2D eigenvalue weighted by Gasteiger charge is 2.26. The lowest BCUT2D eigenvalue weighted by Crippen LogP contribution is -2.28. The van der Waals surface area contributed by atoms with Crippen molar-refractivity contribution in [1.29, 1.82) is 0 Å². The van der Waals surface area contributed by atoms with Crippen LogP contribution in [0.15, 0.2) is 59.1 Å². The van der Waals surface area contributed by atoms with Crippen LogP contribution >= 0.6 is 0 Å². The van der Waals surface area contributed by atoms with Crippen LogP contribution in [0.1, 0.15) is 28.6 Å². The third-order valence-electron chi connectivity index (χ3n) is 4.18. The number of hydrogen-bond donors (Lipinski definition) is 1. The van der Waals surface area contributed by atoms with Gasteiger partial charge in [0.2, 0.25) is 6.10 Å². The molecule has 0 saturated carbocycles. The summed E-state index contributed by atoms with van der Waals surface area (Å²) in [6, 6.07) is 16.1. The number of nitrogens with zero attached hydrogens (tertiary/aromatic N) is 1. The zero-order chi connectivity index (χ0) is 20.8. The molecule has 0 saturated heterocycles. The Balaban J connectivity index is 1.73. The van der Waals surface area contributed by atoms with Crippen LogP contribution in [0.2, 0.25) is 0 Å². The van der Waals surface area contributed by atoms with Crippen molar-refractivity contribution in [2.45, 2.75) is 26.9 Å². The van der Waals surface area contributed by atoms with E-state index in [4.69, 9.17) is 14.0 Å². The first-order chi connectivity index (χ1) is 13.9. The van der Waals surface area contributed by atoms with E-state index in [0.717, 1.165) is 11.1 Å². The predicted molar refractivity (Wildman–Crippen MR) is 107 cm³/mol. The van der Waals surface area contributed by atoms with Gasteiger partial charge < -0.3 is 19.3 Å². The highest BCUT2D eigenvalue weighted by atomic mass is 16.6. The highest BCUT2D eigenvalue weighted by Crippen LogP contribution is 2.23. The molecule has 0 radical (unpaired) electrons. The zero-order valence-electron chi connectivity index (χ0n) is 16.5. The van der Waals surface area contributed by atoms with Crippen LogP contribution in [0.4, 0.5) is 5.69 Å². The lowest BCUT2D eigenvalue weighted by Gasteiger charge is -2.19. The van der Waals surface area contributed by atoms with Crippen LogP contribution in [0.25, 0.3) is 0 Å². The van der Waals surface area contributed by atoms with Crippen molar-refractivity contribution >= 4 is 17.6 Å². The Morgan fingerprint density at radius 2 is 1.83 bits per heavy atom. The van der Waals surface area contributed by atoms with Crippen molar-refractivity contribution < 1.29 is 23.6 Å². The molecule has 0 unspecified atom stereocenters. The number of carbonyl (C=O) groups is 2. The molecule has 2 aromatic carbocycles. The number of nitrogens with one attached hydrogen (secondary N) is 1. The quantitative estimate of drug-likeness (QED) is 0.611. The van der Waals surface area contributed by atoms with Crippen LogP contribution in [-0.4, -0.2) is 23.6 Å². The van der Waals surface area contributed by atoms with Crippen molar-refractivity contribution in [1.82, 2.24) is 5.16 Å². The maximum atomic E-state index is 12.9. The monoisotopic (exact) mass is 394 g/mol. The topological polar surface area (TPSA) is 90.7 Å². The fourth-order valence-corrected chi connectivity index (χ4v) is 2.68. The minimum absolute atomic E-state index is 0.176. The standard InChI is InChI=1S/C22H22N2O5/c1-14-9-10-15(2)18(11-14)23-22(26)21(17-7-5-4-6-8-17)28-20(25)13-27-19-12-16(3)29-24-19/h4-12,21H,13H2,1-3H3,(H,23,26)/t21-/m1/s1. The summed E-state index contributed by atoms with van der Waals surface area (Å²) in [6.45, 7) is 5.15. The molecule has 0 aliphatic heterocycles. The molecule has 0 spiro atoms. The Kier molecular flexibility index (Phi) is 6.29. The van der Waals surface area contributed by atoms with Gasteiger partial charge in [0.05, 0.1) is 0 Å². The Labute approximate surface area is 168 Å². The van der Waals surface area contributed by atoms with Gasteiger partial charge in [-0.3, -0.25) is 4.79 Å². The molecule has 0 bridgehead atoms. The molecular formula is C22H22N2O5. The van der Waals surface area contributed by atoms with E-state index in [1.807, 2.05) is 38.1 Å². The fraction of sp³-hybridized carbons (Fsp3) is 0.227. The number of anilines is 1. The molecule has 3 rings (SSSR count). The van der Waals surface area contributed by atoms with E-state index in [1.54, 1.807) is 37.3 Å². The Bertz CT molecular complexity index is 997. The second-order valence-corrected chi connectivity index (χ2v) is 6.65. The molecule has 1 atom stereocenters. The van der Waals surface area contributed by atoms with E-state index in [-0.39, 0.29) is 5.88 Å². The first kappa shape index (κ1) is 20.1. The summed E-state index contributed by atoms with van der Waals surface area (Å²) in [5.74, 6) is -0.412. The van der Waals surface area contributed by atoms with Gasteiger partial charge in [-0.2, -0.15) is 0 Å². The van der Waals surface area contributed by atoms with E-state index in [2.05, 4.69) is 10.5 Å². The smallest absolute Gasteiger partial charge is 0.345 e. The molecule has 7 nitrogen and oxygen atoms in total. The maximum Gasteiger partial charge on any atom is 0.345 e. The summed E-state index contributed by atoms with van der Waals surface area (Å²) in [5, 5.41) is 6.50. The average molecular weight is 394 g/mol. The molecule has 7 heteroatoms. The molecule has 1 amide bonds. The van der Waals surface area contributed by atoms with Crippen molar-refractivity contribution in [3.8, 4) is 5.88 Å². The number of aryl methyl sites for hydroxylation is 3. The van der Waals surface area contributed by atoms with Gasteiger partial charge in [0.1, 0.15) is 5.76 Å². The number of benzene rings is 2. The summed E-state index contributed by atoms with van der Waals surface area (Å²) in [5.41, 5.74) is 3.14. The van der Waals surface area contributed by atoms with Gasteiger partial charge in [-0.05, 0) is 43.1 Å². The van der Waals surface area contributed by atoms with Gasteiger partial charge in [-0.1, -0.05) is 42.5 Å². The van der Waals surface area contributed by atoms with E-state index >= 15 is 0 Å². The minimum Gasteiger partial charge on any atom is -0.463 e. The number of ether oxygens (including phenoxy) is 2. The molecule has 1 heterocycles. The first-order valence-corrected chi connectivity index (χ1v) is 9.11. The zero-order valence-corrected chi connectivity index (χ0v) is 16.5. The van der Waals surface area contributed by atoms with E-state index < -0.39 is 24.6 Å².